The molecule has 0 aromatic carbocycles. The Labute approximate surface area is 87.3 Å². The predicted molar refractivity (Wildman–Crippen MR) is 57.5 cm³/mol. The highest BCUT2D eigenvalue weighted by molar-refractivity contribution is 5.81. The molecule has 2 heterocycles. The summed E-state index contributed by atoms with van der Waals surface area (Å²) >= 11 is 0. The molecule has 0 bridgehead atoms. The van der Waals surface area contributed by atoms with Crippen molar-refractivity contribution in [2.24, 2.45) is 5.92 Å². The molecule has 0 amide bonds. The zero-order valence-corrected chi connectivity index (χ0v) is 8.40. The molecule has 2 N–H and O–H groups in total. The first-order valence-electron chi connectivity index (χ1n) is 5.31. The smallest absolute Gasteiger partial charge is 0.182 e. The van der Waals surface area contributed by atoms with Gasteiger partial charge in [-0.1, -0.05) is 6.42 Å². The van der Waals surface area contributed by atoms with Crippen molar-refractivity contribution in [3.8, 4) is 0 Å². The van der Waals surface area contributed by atoms with Gasteiger partial charge in [0.15, 0.2) is 11.5 Å². The highest BCUT2D eigenvalue weighted by atomic mass is 15.1. The summed E-state index contributed by atoms with van der Waals surface area (Å²) in [5.41, 5.74) is 1.62. The lowest BCUT2D eigenvalue weighted by Gasteiger charge is -2.25. The molecule has 0 saturated heterocycles. The normalized spacial score (nSPS) is 16.5. The Bertz CT molecular complexity index is 460. The van der Waals surface area contributed by atoms with Crippen molar-refractivity contribution in [1.29, 1.82) is 0 Å². The van der Waals surface area contributed by atoms with Crippen molar-refractivity contribution >= 4 is 17.0 Å². The van der Waals surface area contributed by atoms with Crippen LogP contribution in [0.4, 0.5) is 5.82 Å². The molecule has 2 aromatic rings. The summed E-state index contributed by atoms with van der Waals surface area (Å²) in [7, 11) is 0. The molecule has 0 atom stereocenters. The number of anilines is 1. The Morgan fingerprint density at radius 2 is 2.27 bits per heavy atom. The number of aromatic nitrogens is 4. The van der Waals surface area contributed by atoms with E-state index in [4.69, 9.17) is 0 Å². The van der Waals surface area contributed by atoms with E-state index in [0.717, 1.165) is 29.4 Å². The molecular formula is C10H13N5. The van der Waals surface area contributed by atoms with E-state index in [9.17, 15) is 0 Å². The molecule has 0 spiro atoms. The molecule has 5 nitrogen and oxygen atoms in total. The van der Waals surface area contributed by atoms with Crippen LogP contribution >= 0.6 is 0 Å². The first-order valence-corrected chi connectivity index (χ1v) is 5.31. The second-order valence-corrected chi connectivity index (χ2v) is 4.00. The maximum atomic E-state index is 4.22. The first-order chi connectivity index (χ1) is 7.43. The Morgan fingerprint density at radius 3 is 3.07 bits per heavy atom. The van der Waals surface area contributed by atoms with Gasteiger partial charge in [0.1, 0.15) is 11.8 Å². The van der Waals surface area contributed by atoms with Crippen molar-refractivity contribution in [3.05, 3.63) is 12.7 Å². The number of aromatic amines is 1. The minimum absolute atomic E-state index is 0.723. The minimum atomic E-state index is 0.723. The number of rotatable bonds is 3. The third kappa shape index (κ3) is 1.54. The summed E-state index contributed by atoms with van der Waals surface area (Å²) in [4.78, 5) is 15.4. The van der Waals surface area contributed by atoms with Crippen LogP contribution in [-0.2, 0) is 0 Å². The lowest BCUT2D eigenvalue weighted by molar-refractivity contribution is 0.333. The monoisotopic (exact) mass is 203 g/mol. The number of fused-ring (bicyclic) bond motifs is 1. The molecule has 0 aliphatic heterocycles. The Kier molecular flexibility index (Phi) is 2.01. The highest BCUT2D eigenvalue weighted by Gasteiger charge is 2.17. The number of hydrogen-bond donors (Lipinski definition) is 2. The summed E-state index contributed by atoms with van der Waals surface area (Å²) in [5, 5.41) is 3.35. The van der Waals surface area contributed by atoms with Crippen molar-refractivity contribution < 1.29 is 0 Å². The van der Waals surface area contributed by atoms with Crippen LogP contribution in [0, 0.1) is 5.92 Å². The van der Waals surface area contributed by atoms with Crippen LogP contribution in [0.1, 0.15) is 19.3 Å². The average molecular weight is 203 g/mol. The number of nitrogens with zero attached hydrogens (tertiary/aromatic N) is 3. The van der Waals surface area contributed by atoms with Crippen molar-refractivity contribution in [1.82, 2.24) is 19.9 Å². The molecule has 0 unspecified atom stereocenters. The van der Waals surface area contributed by atoms with Gasteiger partial charge in [-0.05, 0) is 18.8 Å². The summed E-state index contributed by atoms with van der Waals surface area (Å²) in [6.07, 6.45) is 7.24. The second kappa shape index (κ2) is 3.49. The van der Waals surface area contributed by atoms with Crippen LogP contribution in [0.25, 0.3) is 11.2 Å². The van der Waals surface area contributed by atoms with E-state index >= 15 is 0 Å². The van der Waals surface area contributed by atoms with Gasteiger partial charge in [0, 0.05) is 6.54 Å². The fraction of sp³-hybridized carbons (Fsp3) is 0.500. The van der Waals surface area contributed by atoms with Gasteiger partial charge in [-0.3, -0.25) is 0 Å². The number of imidazole rings is 1. The predicted octanol–water partition coefficient (Wildman–Crippen LogP) is 1.56. The largest absolute Gasteiger partial charge is 0.368 e. The second-order valence-electron chi connectivity index (χ2n) is 4.00. The number of nitrogens with one attached hydrogen (secondary N) is 2. The molecular weight excluding hydrogens is 190 g/mol. The third-order valence-corrected chi connectivity index (χ3v) is 3.01. The molecule has 1 fully saturated rings. The molecule has 15 heavy (non-hydrogen) atoms. The molecule has 1 aliphatic carbocycles. The van der Waals surface area contributed by atoms with E-state index in [0.29, 0.717) is 0 Å². The van der Waals surface area contributed by atoms with Crippen LogP contribution in [0.3, 0.4) is 0 Å². The maximum Gasteiger partial charge on any atom is 0.182 e. The standard InChI is InChI=1S/C10H13N5/c1-2-7(3-1)4-11-9-8-10(13-5-12-8)15-6-14-9/h5-7H,1-4H2,(H2,11,12,13,14,15). The summed E-state index contributed by atoms with van der Waals surface area (Å²) < 4.78 is 0. The Balaban J connectivity index is 1.80. The third-order valence-electron chi connectivity index (χ3n) is 3.01. The fourth-order valence-electron chi connectivity index (χ4n) is 1.84. The zero-order valence-electron chi connectivity index (χ0n) is 8.40. The SMILES string of the molecule is c1nc(NCC2CCC2)c2[nH]cnc2n1. The van der Waals surface area contributed by atoms with E-state index in [2.05, 4.69) is 25.3 Å². The van der Waals surface area contributed by atoms with Gasteiger partial charge in [0.25, 0.3) is 0 Å². The van der Waals surface area contributed by atoms with Gasteiger partial charge >= 0.3 is 0 Å². The number of H-pyrrole nitrogens is 1. The van der Waals surface area contributed by atoms with E-state index in [1.54, 1.807) is 12.7 Å². The molecule has 1 saturated carbocycles. The lowest BCUT2D eigenvalue weighted by atomic mass is 9.85. The maximum absolute atomic E-state index is 4.22. The Hall–Kier alpha value is -1.65. The van der Waals surface area contributed by atoms with Gasteiger partial charge < -0.3 is 10.3 Å². The summed E-state index contributed by atoms with van der Waals surface area (Å²) in [5.74, 6) is 1.68. The van der Waals surface area contributed by atoms with Crippen LogP contribution in [-0.4, -0.2) is 26.5 Å². The van der Waals surface area contributed by atoms with E-state index < -0.39 is 0 Å². The van der Waals surface area contributed by atoms with E-state index in [1.165, 1.54) is 19.3 Å². The molecule has 3 rings (SSSR count). The van der Waals surface area contributed by atoms with Crippen molar-refractivity contribution in [2.75, 3.05) is 11.9 Å². The summed E-state index contributed by atoms with van der Waals surface area (Å²) in [6, 6.07) is 0. The van der Waals surface area contributed by atoms with Crippen molar-refractivity contribution in [3.63, 3.8) is 0 Å². The topological polar surface area (TPSA) is 66.5 Å². The molecule has 5 heteroatoms. The van der Waals surface area contributed by atoms with E-state index in [-0.39, 0.29) is 0 Å². The molecule has 78 valence electrons. The van der Waals surface area contributed by atoms with E-state index in [1.807, 2.05) is 0 Å². The van der Waals surface area contributed by atoms with Crippen LogP contribution < -0.4 is 5.32 Å². The van der Waals surface area contributed by atoms with Crippen molar-refractivity contribution in [2.45, 2.75) is 19.3 Å². The molecule has 2 aromatic heterocycles. The van der Waals surface area contributed by atoms with Gasteiger partial charge in [0.2, 0.25) is 0 Å². The van der Waals surface area contributed by atoms with Gasteiger partial charge in [-0.25, -0.2) is 15.0 Å². The Morgan fingerprint density at radius 1 is 1.33 bits per heavy atom. The quantitative estimate of drug-likeness (QED) is 0.794. The van der Waals surface area contributed by atoms with Gasteiger partial charge in [-0.15, -0.1) is 0 Å². The minimum Gasteiger partial charge on any atom is -0.368 e. The van der Waals surface area contributed by atoms with Gasteiger partial charge in [0.05, 0.1) is 6.33 Å². The molecule has 1 aliphatic rings. The summed E-state index contributed by atoms with van der Waals surface area (Å²) in [6.45, 7) is 1.01. The zero-order chi connectivity index (χ0) is 10.1. The van der Waals surface area contributed by atoms with Crippen LogP contribution in [0.15, 0.2) is 12.7 Å². The fourth-order valence-corrected chi connectivity index (χ4v) is 1.84. The first kappa shape index (κ1) is 8.64. The average Bonchev–Trinajstić information content (AvgIpc) is 2.63. The van der Waals surface area contributed by atoms with Gasteiger partial charge in [-0.2, -0.15) is 0 Å². The lowest BCUT2D eigenvalue weighted by Crippen LogP contribution is -2.21. The molecule has 0 radical (unpaired) electrons. The highest BCUT2D eigenvalue weighted by Crippen LogP contribution is 2.26. The number of hydrogen-bond acceptors (Lipinski definition) is 4. The van der Waals surface area contributed by atoms with Crippen LogP contribution in [0.5, 0.6) is 0 Å². The van der Waals surface area contributed by atoms with Crippen LogP contribution in [0.2, 0.25) is 0 Å².